The van der Waals surface area contributed by atoms with Gasteiger partial charge in [0.25, 0.3) is 0 Å². The minimum Gasteiger partial charge on any atom is -0.354 e. The van der Waals surface area contributed by atoms with E-state index in [1.165, 1.54) is 0 Å². The third-order valence-electron chi connectivity index (χ3n) is 2.28. The quantitative estimate of drug-likeness (QED) is 0.594. The van der Waals surface area contributed by atoms with Gasteiger partial charge in [0.2, 0.25) is 6.41 Å². The van der Waals surface area contributed by atoms with Gasteiger partial charge in [-0.1, -0.05) is 20.3 Å². The second-order valence-electron chi connectivity index (χ2n) is 3.29. The lowest BCUT2D eigenvalue weighted by atomic mass is 9.87. The number of nitrogens with one attached hydrogen (secondary N) is 1. The van der Waals surface area contributed by atoms with Crippen LogP contribution in [0.5, 0.6) is 0 Å². The third kappa shape index (κ3) is 2.38. The number of rotatable bonds is 4. The van der Waals surface area contributed by atoms with Crippen molar-refractivity contribution in [3.05, 3.63) is 0 Å². The molecule has 0 rings (SSSR count). The predicted molar refractivity (Wildman–Crippen MR) is 42.7 cm³/mol. The maximum absolute atomic E-state index is 10.1. The first-order valence-electron chi connectivity index (χ1n) is 3.76. The van der Waals surface area contributed by atoms with Crippen molar-refractivity contribution >= 4 is 6.41 Å². The van der Waals surface area contributed by atoms with Crippen LogP contribution in [0.2, 0.25) is 0 Å². The molecule has 0 saturated heterocycles. The van der Waals surface area contributed by atoms with E-state index in [4.69, 9.17) is 0 Å². The third-order valence-corrected chi connectivity index (χ3v) is 2.28. The molecule has 1 N–H and O–H groups in total. The second kappa shape index (κ2) is 3.59. The summed E-state index contributed by atoms with van der Waals surface area (Å²) < 4.78 is 0. The summed E-state index contributed by atoms with van der Waals surface area (Å²) in [5, 5.41) is 2.79. The highest BCUT2D eigenvalue weighted by molar-refractivity contribution is 5.47. The van der Waals surface area contributed by atoms with Crippen LogP contribution in [-0.2, 0) is 4.79 Å². The lowest BCUT2D eigenvalue weighted by Gasteiger charge is -2.30. The Morgan fingerprint density at radius 1 is 1.60 bits per heavy atom. The summed E-state index contributed by atoms with van der Waals surface area (Å²) in [6, 6.07) is 0. The Hall–Kier alpha value is -0.530. The highest BCUT2D eigenvalue weighted by Crippen LogP contribution is 2.17. The molecule has 0 aliphatic carbocycles. The number of hydrogen-bond donors (Lipinski definition) is 1. The molecule has 0 aliphatic rings. The zero-order valence-corrected chi connectivity index (χ0v) is 7.27. The van der Waals surface area contributed by atoms with E-state index < -0.39 is 0 Å². The van der Waals surface area contributed by atoms with Gasteiger partial charge >= 0.3 is 0 Å². The molecule has 2 heteroatoms. The minimum absolute atomic E-state index is 0.0590. The molecule has 60 valence electrons. The van der Waals surface area contributed by atoms with Crippen LogP contribution in [0, 0.1) is 5.92 Å². The van der Waals surface area contributed by atoms with Crippen LogP contribution in [0.4, 0.5) is 0 Å². The molecule has 0 bridgehead atoms. The largest absolute Gasteiger partial charge is 0.354 e. The first-order chi connectivity index (χ1) is 4.54. The molecule has 0 heterocycles. The van der Waals surface area contributed by atoms with Crippen LogP contribution in [-0.4, -0.2) is 11.9 Å². The van der Waals surface area contributed by atoms with Gasteiger partial charge in [-0.05, 0) is 19.8 Å². The van der Waals surface area contributed by atoms with Crippen molar-refractivity contribution in [1.29, 1.82) is 0 Å². The maximum atomic E-state index is 10.1. The molecular formula is C8H17NO. The number of hydrogen-bond acceptors (Lipinski definition) is 1. The van der Waals surface area contributed by atoms with Gasteiger partial charge in [-0.15, -0.1) is 0 Å². The molecule has 0 radical (unpaired) electrons. The van der Waals surface area contributed by atoms with Crippen LogP contribution in [0.15, 0.2) is 0 Å². The fourth-order valence-electron chi connectivity index (χ4n) is 0.804. The summed E-state index contributed by atoms with van der Waals surface area (Å²) in [7, 11) is 0. The first-order valence-corrected chi connectivity index (χ1v) is 3.76. The molecule has 1 unspecified atom stereocenters. The van der Waals surface area contributed by atoms with Gasteiger partial charge in [0.15, 0.2) is 0 Å². The van der Waals surface area contributed by atoms with Crippen molar-refractivity contribution in [2.75, 3.05) is 0 Å². The highest BCUT2D eigenvalue weighted by Gasteiger charge is 2.22. The van der Waals surface area contributed by atoms with Gasteiger partial charge < -0.3 is 5.32 Å². The predicted octanol–water partition coefficient (Wildman–Crippen LogP) is 1.56. The summed E-state index contributed by atoms with van der Waals surface area (Å²) in [5.74, 6) is 0.526. The van der Waals surface area contributed by atoms with Crippen LogP contribution < -0.4 is 5.32 Å². The van der Waals surface area contributed by atoms with Crippen LogP contribution >= 0.6 is 0 Å². The average Bonchev–Trinajstić information content (AvgIpc) is 1.86. The fraction of sp³-hybridized carbons (Fsp3) is 0.875. The molecule has 0 aromatic heterocycles. The topological polar surface area (TPSA) is 29.1 Å². The van der Waals surface area contributed by atoms with Crippen molar-refractivity contribution in [1.82, 2.24) is 5.32 Å². The molecule has 0 saturated carbocycles. The van der Waals surface area contributed by atoms with E-state index in [0.717, 1.165) is 12.8 Å². The second-order valence-corrected chi connectivity index (χ2v) is 3.29. The Labute approximate surface area is 63.0 Å². The Morgan fingerprint density at radius 3 is 2.40 bits per heavy atom. The standard InChI is InChI=1S/C8H17NO/c1-5-7(2)8(3,4)9-6-10/h6-7H,5H2,1-4H3,(H,9,10). The smallest absolute Gasteiger partial charge is 0.207 e. The summed E-state index contributed by atoms with van der Waals surface area (Å²) >= 11 is 0. The van der Waals surface area contributed by atoms with Gasteiger partial charge in [0.1, 0.15) is 0 Å². The Morgan fingerprint density at radius 2 is 2.10 bits per heavy atom. The first kappa shape index (κ1) is 9.47. The molecule has 0 aromatic rings. The monoisotopic (exact) mass is 143 g/mol. The molecule has 1 atom stereocenters. The van der Waals surface area contributed by atoms with E-state index in [1.807, 2.05) is 13.8 Å². The molecule has 2 nitrogen and oxygen atoms in total. The summed E-state index contributed by atoms with van der Waals surface area (Å²) in [4.78, 5) is 10.1. The van der Waals surface area contributed by atoms with Crippen molar-refractivity contribution < 1.29 is 4.79 Å². The van der Waals surface area contributed by atoms with E-state index in [0.29, 0.717) is 5.92 Å². The fourth-order valence-corrected chi connectivity index (χ4v) is 0.804. The van der Waals surface area contributed by atoms with E-state index in [2.05, 4.69) is 19.2 Å². The Balaban J connectivity index is 3.94. The van der Waals surface area contributed by atoms with E-state index in [-0.39, 0.29) is 5.54 Å². The molecule has 0 spiro atoms. The SMILES string of the molecule is CCC(C)C(C)(C)NC=O. The summed E-state index contributed by atoms with van der Waals surface area (Å²) in [6.07, 6.45) is 1.86. The molecule has 0 fully saturated rings. The highest BCUT2D eigenvalue weighted by atomic mass is 16.1. The van der Waals surface area contributed by atoms with Crippen molar-refractivity contribution in [2.45, 2.75) is 39.7 Å². The number of amides is 1. The van der Waals surface area contributed by atoms with Gasteiger partial charge in [-0.2, -0.15) is 0 Å². The molecule has 1 amide bonds. The normalized spacial score (nSPS) is 14.4. The maximum Gasteiger partial charge on any atom is 0.207 e. The zero-order valence-electron chi connectivity index (χ0n) is 7.27. The van der Waals surface area contributed by atoms with Crippen molar-refractivity contribution in [2.24, 2.45) is 5.92 Å². The lowest BCUT2D eigenvalue weighted by Crippen LogP contribution is -2.43. The van der Waals surface area contributed by atoms with Crippen molar-refractivity contribution in [3.63, 3.8) is 0 Å². The van der Waals surface area contributed by atoms with Crippen LogP contribution in [0.3, 0.4) is 0 Å². The van der Waals surface area contributed by atoms with Gasteiger partial charge in [0, 0.05) is 5.54 Å². The summed E-state index contributed by atoms with van der Waals surface area (Å²) in [6.45, 7) is 8.33. The van der Waals surface area contributed by atoms with Crippen LogP contribution in [0.25, 0.3) is 0 Å². The average molecular weight is 143 g/mol. The number of carbonyl (C=O) groups is 1. The number of carbonyl (C=O) groups excluding carboxylic acids is 1. The summed E-state index contributed by atoms with van der Waals surface area (Å²) in [5.41, 5.74) is -0.0590. The zero-order chi connectivity index (χ0) is 8.20. The molecular weight excluding hydrogens is 126 g/mol. The Bertz CT molecular complexity index is 110. The molecule has 10 heavy (non-hydrogen) atoms. The van der Waals surface area contributed by atoms with Crippen LogP contribution in [0.1, 0.15) is 34.1 Å². The molecule has 0 aliphatic heterocycles. The van der Waals surface area contributed by atoms with Gasteiger partial charge in [-0.25, -0.2) is 0 Å². The van der Waals surface area contributed by atoms with E-state index >= 15 is 0 Å². The Kier molecular flexibility index (Phi) is 3.40. The van der Waals surface area contributed by atoms with Crippen molar-refractivity contribution in [3.8, 4) is 0 Å². The van der Waals surface area contributed by atoms with Gasteiger partial charge in [-0.3, -0.25) is 4.79 Å². The minimum atomic E-state index is -0.0590. The van der Waals surface area contributed by atoms with E-state index in [9.17, 15) is 4.79 Å². The molecule has 0 aromatic carbocycles. The lowest BCUT2D eigenvalue weighted by molar-refractivity contribution is -0.111. The van der Waals surface area contributed by atoms with Gasteiger partial charge in [0.05, 0.1) is 0 Å². The van der Waals surface area contributed by atoms with E-state index in [1.54, 1.807) is 0 Å².